The lowest BCUT2D eigenvalue weighted by molar-refractivity contribution is -0.384. The highest BCUT2D eigenvalue weighted by atomic mass is 19.1. The van der Waals surface area contributed by atoms with Crippen LogP contribution in [0.1, 0.15) is 27.4 Å². The lowest BCUT2D eigenvalue weighted by Crippen LogP contribution is -2.48. The number of non-ortho nitro benzene ring substituents is 1. The van der Waals surface area contributed by atoms with Crippen molar-refractivity contribution in [2.75, 3.05) is 6.54 Å². The summed E-state index contributed by atoms with van der Waals surface area (Å²) in [6.45, 7) is 0.121. The summed E-state index contributed by atoms with van der Waals surface area (Å²) in [5.41, 5.74) is 0.0251. The van der Waals surface area contributed by atoms with Gasteiger partial charge in [0, 0.05) is 18.7 Å². The molecule has 0 spiro atoms. The van der Waals surface area contributed by atoms with Crippen LogP contribution in [0.4, 0.5) is 10.1 Å². The fourth-order valence-corrected chi connectivity index (χ4v) is 2.90. The highest BCUT2D eigenvalue weighted by molar-refractivity contribution is 6.18. The van der Waals surface area contributed by atoms with Crippen molar-refractivity contribution in [2.24, 2.45) is 0 Å². The number of nitrogens with zero attached hydrogens (tertiary/aromatic N) is 2. The number of hydrogen-bond acceptors (Lipinski definition) is 6. The molecule has 0 aromatic heterocycles. The maximum absolute atomic E-state index is 12.9. The monoisotopic (exact) mass is 387 g/mol. The number of carbonyl (C=O) groups is 3. The van der Waals surface area contributed by atoms with Crippen LogP contribution in [-0.2, 0) is 16.0 Å². The SMILES string of the molecule is O=C(NCCc1ccc(F)cc1)C1C(=O)N(O)C(=O)c2cc([N+](=O)[O-])ccc21. The highest BCUT2D eigenvalue weighted by Gasteiger charge is 2.43. The second-order valence-electron chi connectivity index (χ2n) is 6.08. The Morgan fingerprint density at radius 2 is 1.89 bits per heavy atom. The number of benzene rings is 2. The van der Waals surface area contributed by atoms with Crippen LogP contribution in [0.3, 0.4) is 0 Å². The normalized spacial score (nSPS) is 15.9. The summed E-state index contributed by atoms with van der Waals surface area (Å²) in [7, 11) is 0. The van der Waals surface area contributed by atoms with Crippen LogP contribution in [-0.4, -0.2) is 39.5 Å². The Morgan fingerprint density at radius 3 is 2.54 bits per heavy atom. The Morgan fingerprint density at radius 1 is 1.21 bits per heavy atom. The number of imide groups is 1. The number of nitro groups is 1. The summed E-state index contributed by atoms with van der Waals surface area (Å²) in [6, 6.07) is 8.80. The molecule has 1 unspecified atom stereocenters. The van der Waals surface area contributed by atoms with E-state index in [2.05, 4.69) is 5.32 Å². The number of hydroxylamine groups is 2. The Balaban J connectivity index is 1.80. The fraction of sp³-hybridized carbons (Fsp3) is 0.167. The van der Waals surface area contributed by atoms with Gasteiger partial charge in [-0.3, -0.25) is 29.7 Å². The number of fused-ring (bicyclic) bond motifs is 1. The van der Waals surface area contributed by atoms with Crippen LogP contribution in [0.15, 0.2) is 42.5 Å². The molecule has 0 bridgehead atoms. The van der Waals surface area contributed by atoms with Gasteiger partial charge in [-0.05, 0) is 29.7 Å². The van der Waals surface area contributed by atoms with Gasteiger partial charge in [0.25, 0.3) is 17.5 Å². The minimum absolute atomic E-state index is 0.0230. The Bertz CT molecular complexity index is 976. The molecule has 0 saturated heterocycles. The van der Waals surface area contributed by atoms with Crippen LogP contribution in [0.2, 0.25) is 0 Å². The number of amides is 3. The number of hydrogen-bond donors (Lipinski definition) is 2. The molecule has 3 amide bonds. The van der Waals surface area contributed by atoms with Gasteiger partial charge in [-0.1, -0.05) is 18.2 Å². The summed E-state index contributed by atoms with van der Waals surface area (Å²) in [5.74, 6) is -4.97. The van der Waals surface area contributed by atoms with Gasteiger partial charge in [-0.25, -0.2) is 4.39 Å². The molecule has 9 nitrogen and oxygen atoms in total. The molecule has 0 aliphatic carbocycles. The van der Waals surface area contributed by atoms with E-state index in [4.69, 9.17) is 0 Å². The summed E-state index contributed by atoms with van der Waals surface area (Å²) >= 11 is 0. The van der Waals surface area contributed by atoms with E-state index in [0.29, 0.717) is 6.42 Å². The van der Waals surface area contributed by atoms with Crippen molar-refractivity contribution < 1.29 is 28.9 Å². The van der Waals surface area contributed by atoms with Crippen molar-refractivity contribution in [2.45, 2.75) is 12.3 Å². The topological polar surface area (TPSA) is 130 Å². The first kappa shape index (κ1) is 19.1. The third-order valence-corrected chi connectivity index (χ3v) is 4.33. The van der Waals surface area contributed by atoms with Gasteiger partial charge in [0.2, 0.25) is 5.91 Å². The Hall–Kier alpha value is -3.66. The van der Waals surface area contributed by atoms with E-state index in [-0.39, 0.29) is 28.6 Å². The number of nitro benzene ring substituents is 1. The van der Waals surface area contributed by atoms with Gasteiger partial charge >= 0.3 is 0 Å². The summed E-state index contributed by atoms with van der Waals surface area (Å²) < 4.78 is 12.9. The predicted octanol–water partition coefficient (Wildman–Crippen LogP) is 1.55. The van der Waals surface area contributed by atoms with E-state index in [1.165, 1.54) is 12.1 Å². The lowest BCUT2D eigenvalue weighted by Gasteiger charge is -2.27. The zero-order chi connectivity index (χ0) is 20.4. The second-order valence-corrected chi connectivity index (χ2v) is 6.08. The molecule has 1 atom stereocenters. The summed E-state index contributed by atoms with van der Waals surface area (Å²) in [5, 5.41) is 22.9. The molecule has 0 saturated carbocycles. The quantitative estimate of drug-likeness (QED) is 0.263. The van der Waals surface area contributed by atoms with Gasteiger partial charge in [0.1, 0.15) is 11.7 Å². The van der Waals surface area contributed by atoms with E-state index >= 15 is 0 Å². The minimum Gasteiger partial charge on any atom is -0.355 e. The van der Waals surface area contributed by atoms with Crippen LogP contribution < -0.4 is 5.32 Å². The first-order chi connectivity index (χ1) is 13.3. The number of carbonyl (C=O) groups excluding carboxylic acids is 3. The number of nitrogens with one attached hydrogen (secondary N) is 1. The number of rotatable bonds is 5. The average molecular weight is 387 g/mol. The van der Waals surface area contributed by atoms with Crippen molar-refractivity contribution in [3.8, 4) is 0 Å². The predicted molar refractivity (Wildman–Crippen MR) is 91.9 cm³/mol. The average Bonchev–Trinajstić information content (AvgIpc) is 2.67. The minimum atomic E-state index is -1.52. The van der Waals surface area contributed by atoms with E-state index < -0.39 is 34.3 Å². The fourth-order valence-electron chi connectivity index (χ4n) is 2.90. The smallest absolute Gasteiger partial charge is 0.285 e. The van der Waals surface area contributed by atoms with Crippen molar-refractivity contribution in [3.05, 3.63) is 75.1 Å². The van der Waals surface area contributed by atoms with Gasteiger partial charge in [0.05, 0.1) is 10.5 Å². The van der Waals surface area contributed by atoms with Crippen molar-refractivity contribution in [3.63, 3.8) is 0 Å². The van der Waals surface area contributed by atoms with E-state index in [0.717, 1.165) is 23.8 Å². The van der Waals surface area contributed by atoms with Crippen LogP contribution in [0.5, 0.6) is 0 Å². The van der Waals surface area contributed by atoms with E-state index in [1.807, 2.05) is 0 Å². The molecule has 0 radical (unpaired) electrons. The second kappa shape index (κ2) is 7.53. The first-order valence-electron chi connectivity index (χ1n) is 8.17. The zero-order valence-corrected chi connectivity index (χ0v) is 14.3. The van der Waals surface area contributed by atoms with E-state index in [9.17, 15) is 34.1 Å². The molecule has 2 N–H and O–H groups in total. The van der Waals surface area contributed by atoms with Gasteiger partial charge in [-0.2, -0.15) is 5.06 Å². The summed E-state index contributed by atoms with van der Waals surface area (Å²) in [4.78, 5) is 47.0. The molecule has 0 fully saturated rings. The van der Waals surface area contributed by atoms with Gasteiger partial charge < -0.3 is 5.32 Å². The Labute approximate surface area is 157 Å². The first-order valence-corrected chi connectivity index (χ1v) is 8.17. The lowest BCUT2D eigenvalue weighted by atomic mass is 9.88. The summed E-state index contributed by atoms with van der Waals surface area (Å²) in [6.07, 6.45) is 0.363. The van der Waals surface area contributed by atoms with Crippen LogP contribution in [0.25, 0.3) is 0 Å². The zero-order valence-electron chi connectivity index (χ0n) is 14.3. The van der Waals surface area contributed by atoms with Crippen LogP contribution >= 0.6 is 0 Å². The van der Waals surface area contributed by atoms with Crippen molar-refractivity contribution >= 4 is 23.4 Å². The molecule has 1 aliphatic rings. The van der Waals surface area contributed by atoms with E-state index in [1.54, 1.807) is 12.1 Å². The number of halogens is 1. The van der Waals surface area contributed by atoms with Crippen molar-refractivity contribution in [1.29, 1.82) is 0 Å². The van der Waals surface area contributed by atoms with Gasteiger partial charge in [-0.15, -0.1) is 0 Å². The third-order valence-electron chi connectivity index (χ3n) is 4.33. The molecule has 1 heterocycles. The molecule has 2 aromatic carbocycles. The maximum atomic E-state index is 12.9. The van der Waals surface area contributed by atoms with Crippen LogP contribution in [0, 0.1) is 15.9 Å². The molecule has 10 heteroatoms. The third kappa shape index (κ3) is 3.58. The van der Waals surface area contributed by atoms with Gasteiger partial charge in [0.15, 0.2) is 0 Å². The standard InChI is InChI=1S/C18H14FN3O6/c19-11-3-1-10(2-4-11)7-8-20-16(23)15-13-6-5-12(22(27)28)9-14(13)17(24)21(26)18(15)25/h1-6,9,15,26H,7-8H2,(H,20,23). The molecular formula is C18H14FN3O6. The molecule has 28 heavy (non-hydrogen) atoms. The molecular weight excluding hydrogens is 373 g/mol. The molecule has 3 rings (SSSR count). The largest absolute Gasteiger partial charge is 0.355 e. The Kier molecular flexibility index (Phi) is 5.14. The molecule has 144 valence electrons. The van der Waals surface area contributed by atoms with Crippen molar-refractivity contribution in [1.82, 2.24) is 10.4 Å². The highest BCUT2D eigenvalue weighted by Crippen LogP contribution is 2.31. The maximum Gasteiger partial charge on any atom is 0.285 e. The molecule has 2 aromatic rings. The molecule has 1 aliphatic heterocycles.